The Labute approximate surface area is 169 Å². The van der Waals surface area contributed by atoms with Crippen molar-refractivity contribution >= 4 is 10.9 Å². The number of nitrogens with one attached hydrogen (secondary N) is 1. The van der Waals surface area contributed by atoms with E-state index in [9.17, 15) is 4.79 Å². The van der Waals surface area contributed by atoms with Gasteiger partial charge >= 0.3 is 0 Å². The third-order valence-electron chi connectivity index (χ3n) is 4.95. The van der Waals surface area contributed by atoms with Crippen molar-refractivity contribution in [2.45, 2.75) is 13.3 Å². The number of methoxy groups -OCH3 is 1. The third-order valence-corrected chi connectivity index (χ3v) is 4.95. The first kappa shape index (κ1) is 18.8. The number of ether oxygens (including phenoxy) is 2. The molecule has 0 saturated heterocycles. The van der Waals surface area contributed by atoms with Gasteiger partial charge in [-0.15, -0.1) is 0 Å². The maximum Gasteiger partial charge on any atom is 0.197 e. The fourth-order valence-electron chi connectivity index (χ4n) is 3.48. The molecule has 4 aromatic rings. The van der Waals surface area contributed by atoms with Crippen molar-refractivity contribution in [3.05, 3.63) is 83.2 Å². The average molecular weight is 385 g/mol. The van der Waals surface area contributed by atoms with Crippen LogP contribution in [0.25, 0.3) is 33.2 Å². The van der Waals surface area contributed by atoms with Crippen LogP contribution in [0.5, 0.6) is 11.5 Å². The lowest BCUT2D eigenvalue weighted by atomic mass is 9.97. The number of hydrogen-bond donors (Lipinski definition) is 1. The molecule has 146 valence electrons. The van der Waals surface area contributed by atoms with E-state index in [4.69, 9.17) is 9.47 Å². The Morgan fingerprint density at radius 3 is 2.28 bits per heavy atom. The Kier molecular flexibility index (Phi) is 5.34. The standard InChI is InChI=1S/C25H23NO3/c1-3-15-29-22-14-13-20(17-7-5-4-6-8-17)23-24(22)26-16-21(25(23)27)18-9-11-19(28-2)12-10-18/h4-14,16H,3,15H2,1-2H3,(H,26,27). The molecule has 0 unspecified atom stereocenters. The van der Waals surface area contributed by atoms with Gasteiger partial charge in [-0.3, -0.25) is 4.79 Å². The van der Waals surface area contributed by atoms with Gasteiger partial charge in [0.2, 0.25) is 0 Å². The number of H-pyrrole nitrogens is 1. The lowest BCUT2D eigenvalue weighted by Crippen LogP contribution is -2.09. The first-order valence-corrected chi connectivity index (χ1v) is 9.74. The number of benzene rings is 3. The highest BCUT2D eigenvalue weighted by atomic mass is 16.5. The van der Waals surface area contributed by atoms with E-state index < -0.39 is 0 Å². The molecule has 0 aliphatic rings. The molecule has 4 heteroatoms. The van der Waals surface area contributed by atoms with Gasteiger partial charge in [-0.05, 0) is 47.4 Å². The molecule has 0 aliphatic heterocycles. The highest BCUT2D eigenvalue weighted by molar-refractivity contribution is 5.99. The maximum atomic E-state index is 13.6. The maximum absolute atomic E-state index is 13.6. The minimum atomic E-state index is -0.0234. The second kappa shape index (κ2) is 8.23. The highest BCUT2D eigenvalue weighted by Crippen LogP contribution is 2.33. The summed E-state index contributed by atoms with van der Waals surface area (Å²) in [4.78, 5) is 16.9. The average Bonchev–Trinajstić information content (AvgIpc) is 2.78. The van der Waals surface area contributed by atoms with E-state index >= 15 is 0 Å². The number of aromatic amines is 1. The summed E-state index contributed by atoms with van der Waals surface area (Å²) in [5.41, 5.74) is 4.04. The smallest absolute Gasteiger partial charge is 0.197 e. The van der Waals surface area contributed by atoms with Crippen LogP contribution in [0, 0.1) is 0 Å². The Balaban J connectivity index is 1.97. The van der Waals surface area contributed by atoms with Gasteiger partial charge in [0.1, 0.15) is 11.5 Å². The zero-order chi connectivity index (χ0) is 20.2. The minimum Gasteiger partial charge on any atom is -0.497 e. The fourth-order valence-corrected chi connectivity index (χ4v) is 3.48. The molecule has 0 amide bonds. The molecule has 1 N–H and O–H groups in total. The van der Waals surface area contributed by atoms with Crippen LogP contribution in [-0.2, 0) is 0 Å². The molecule has 1 aromatic heterocycles. The van der Waals surface area contributed by atoms with Crippen molar-refractivity contribution in [1.82, 2.24) is 4.98 Å². The summed E-state index contributed by atoms with van der Waals surface area (Å²) in [5, 5.41) is 0.637. The molecular formula is C25H23NO3. The predicted octanol–water partition coefficient (Wildman–Crippen LogP) is 5.66. The molecule has 1 heterocycles. The van der Waals surface area contributed by atoms with Gasteiger partial charge in [-0.25, -0.2) is 0 Å². The van der Waals surface area contributed by atoms with Gasteiger partial charge in [-0.2, -0.15) is 0 Å². The molecule has 0 radical (unpaired) electrons. The Hall–Kier alpha value is -3.53. The second-order valence-corrected chi connectivity index (χ2v) is 6.84. The van der Waals surface area contributed by atoms with Crippen molar-refractivity contribution in [2.24, 2.45) is 0 Å². The normalized spacial score (nSPS) is 10.8. The minimum absolute atomic E-state index is 0.0234. The van der Waals surface area contributed by atoms with Crippen LogP contribution in [0.2, 0.25) is 0 Å². The molecule has 0 aliphatic carbocycles. The summed E-state index contributed by atoms with van der Waals surface area (Å²) in [6.07, 6.45) is 2.66. The van der Waals surface area contributed by atoms with E-state index in [-0.39, 0.29) is 5.43 Å². The molecule has 29 heavy (non-hydrogen) atoms. The molecule has 0 bridgehead atoms. The Morgan fingerprint density at radius 2 is 1.59 bits per heavy atom. The lowest BCUT2D eigenvalue weighted by Gasteiger charge is -2.13. The lowest BCUT2D eigenvalue weighted by molar-refractivity contribution is 0.320. The van der Waals surface area contributed by atoms with E-state index in [1.165, 1.54) is 0 Å². The number of rotatable bonds is 6. The zero-order valence-electron chi connectivity index (χ0n) is 16.6. The predicted molar refractivity (Wildman–Crippen MR) is 118 cm³/mol. The third kappa shape index (κ3) is 3.61. The SMILES string of the molecule is CCCOc1ccc(-c2ccccc2)c2c(=O)c(-c3ccc(OC)cc3)c[nH]c12. The van der Waals surface area contributed by atoms with Gasteiger partial charge in [0, 0.05) is 11.8 Å². The highest BCUT2D eigenvalue weighted by Gasteiger charge is 2.16. The molecule has 3 aromatic carbocycles. The quantitative estimate of drug-likeness (QED) is 0.466. The second-order valence-electron chi connectivity index (χ2n) is 6.84. The Bertz CT molecular complexity index is 1180. The molecular weight excluding hydrogens is 362 g/mol. The van der Waals surface area contributed by atoms with Gasteiger partial charge in [0.05, 0.1) is 24.6 Å². The monoisotopic (exact) mass is 385 g/mol. The summed E-state index contributed by atoms with van der Waals surface area (Å²) in [6.45, 7) is 2.66. The molecule has 0 spiro atoms. The Morgan fingerprint density at radius 1 is 0.862 bits per heavy atom. The topological polar surface area (TPSA) is 51.3 Å². The van der Waals surface area contributed by atoms with Gasteiger partial charge in [-0.1, -0.05) is 49.4 Å². The van der Waals surface area contributed by atoms with Crippen LogP contribution in [0.15, 0.2) is 77.7 Å². The van der Waals surface area contributed by atoms with Crippen molar-refractivity contribution in [2.75, 3.05) is 13.7 Å². The summed E-state index contributed by atoms with van der Waals surface area (Å²) >= 11 is 0. The van der Waals surface area contributed by atoms with Crippen LogP contribution in [0.3, 0.4) is 0 Å². The number of hydrogen-bond acceptors (Lipinski definition) is 3. The molecule has 4 rings (SSSR count). The molecule has 4 nitrogen and oxygen atoms in total. The first-order chi connectivity index (χ1) is 14.2. The van der Waals surface area contributed by atoms with Crippen LogP contribution < -0.4 is 14.9 Å². The summed E-state index contributed by atoms with van der Waals surface area (Å²) in [6, 6.07) is 21.4. The van der Waals surface area contributed by atoms with E-state index in [0.717, 1.165) is 34.4 Å². The molecule has 0 atom stereocenters. The van der Waals surface area contributed by atoms with Crippen molar-refractivity contribution in [1.29, 1.82) is 0 Å². The molecule has 0 fully saturated rings. The van der Waals surface area contributed by atoms with Crippen LogP contribution in [0.1, 0.15) is 13.3 Å². The zero-order valence-corrected chi connectivity index (χ0v) is 16.6. The summed E-state index contributed by atoms with van der Waals surface area (Å²) in [7, 11) is 1.63. The fraction of sp³-hybridized carbons (Fsp3) is 0.160. The van der Waals surface area contributed by atoms with Crippen LogP contribution in [-0.4, -0.2) is 18.7 Å². The van der Waals surface area contributed by atoms with Crippen molar-refractivity contribution < 1.29 is 9.47 Å². The van der Waals surface area contributed by atoms with Crippen LogP contribution in [0.4, 0.5) is 0 Å². The van der Waals surface area contributed by atoms with Gasteiger partial charge in [0.15, 0.2) is 5.43 Å². The van der Waals surface area contributed by atoms with E-state index in [2.05, 4.69) is 11.9 Å². The summed E-state index contributed by atoms with van der Waals surface area (Å²) in [5.74, 6) is 1.45. The number of fused-ring (bicyclic) bond motifs is 1. The molecule has 0 saturated carbocycles. The number of aromatic nitrogens is 1. The van der Waals surface area contributed by atoms with E-state index in [0.29, 0.717) is 23.3 Å². The number of pyridine rings is 1. The first-order valence-electron chi connectivity index (χ1n) is 9.74. The van der Waals surface area contributed by atoms with E-state index in [1.807, 2.05) is 66.7 Å². The summed E-state index contributed by atoms with van der Waals surface area (Å²) < 4.78 is 11.1. The van der Waals surface area contributed by atoms with Crippen LogP contribution >= 0.6 is 0 Å². The largest absolute Gasteiger partial charge is 0.497 e. The van der Waals surface area contributed by atoms with Gasteiger partial charge in [0.25, 0.3) is 0 Å². The van der Waals surface area contributed by atoms with Gasteiger partial charge < -0.3 is 14.5 Å². The van der Waals surface area contributed by atoms with E-state index in [1.54, 1.807) is 13.3 Å². The van der Waals surface area contributed by atoms with Crippen molar-refractivity contribution in [3.63, 3.8) is 0 Å². The van der Waals surface area contributed by atoms with Crippen molar-refractivity contribution in [3.8, 4) is 33.8 Å².